The second kappa shape index (κ2) is 9.45. The molecule has 0 spiro atoms. The zero-order valence-corrected chi connectivity index (χ0v) is 16.7. The van der Waals surface area contributed by atoms with E-state index in [1.165, 1.54) is 0 Å². The molecule has 2 atom stereocenters. The molecule has 0 saturated carbocycles. The van der Waals surface area contributed by atoms with Gasteiger partial charge in [0.15, 0.2) is 0 Å². The Hall–Kier alpha value is -2.02. The number of morpholine rings is 1. The van der Waals surface area contributed by atoms with Gasteiger partial charge in [0.1, 0.15) is 16.7 Å². The fourth-order valence-corrected chi connectivity index (χ4v) is 4.79. The van der Waals surface area contributed by atoms with Gasteiger partial charge in [0.25, 0.3) is 0 Å². The quantitative estimate of drug-likeness (QED) is 0.836. The molecular weight excluding hydrogens is 372 g/mol. The molecule has 5 nitrogen and oxygen atoms in total. The molecule has 2 aromatic rings. The van der Waals surface area contributed by atoms with E-state index >= 15 is 0 Å². The van der Waals surface area contributed by atoms with Crippen molar-refractivity contribution in [2.45, 2.75) is 17.7 Å². The van der Waals surface area contributed by atoms with Gasteiger partial charge in [-0.1, -0.05) is 30.3 Å². The molecule has 0 radical (unpaired) electrons. The van der Waals surface area contributed by atoms with Crippen LogP contribution < -0.4 is 10.1 Å². The van der Waals surface area contributed by atoms with Crippen molar-refractivity contribution in [2.75, 3.05) is 38.6 Å². The topological polar surface area (TPSA) is 50.8 Å². The Kier molecular flexibility index (Phi) is 6.52. The number of thioether (sulfide) groups is 1. The summed E-state index contributed by atoms with van der Waals surface area (Å²) in [5, 5.41) is 3.09. The van der Waals surface area contributed by atoms with Crippen molar-refractivity contribution in [1.82, 2.24) is 10.2 Å². The molecule has 28 heavy (non-hydrogen) atoms. The van der Waals surface area contributed by atoms with Crippen LogP contribution in [0.15, 0.2) is 54.6 Å². The maximum atomic E-state index is 12.8. The largest absolute Gasteiger partial charge is 0.457 e. The van der Waals surface area contributed by atoms with Crippen LogP contribution in [0.2, 0.25) is 0 Å². The minimum Gasteiger partial charge on any atom is -0.457 e. The lowest BCUT2D eigenvalue weighted by atomic mass is 10.1. The maximum Gasteiger partial charge on any atom is 0.237 e. The van der Waals surface area contributed by atoms with E-state index in [1.807, 2.05) is 54.6 Å². The van der Waals surface area contributed by atoms with Gasteiger partial charge in [-0.05, 0) is 42.0 Å². The number of ether oxygens (including phenoxy) is 2. The number of benzene rings is 2. The lowest BCUT2D eigenvalue weighted by molar-refractivity contribution is -0.121. The zero-order valence-electron chi connectivity index (χ0n) is 15.9. The molecular formula is C22H26N2O3S. The van der Waals surface area contributed by atoms with Crippen LogP contribution in [0.3, 0.4) is 0 Å². The highest BCUT2D eigenvalue weighted by molar-refractivity contribution is 8.00. The summed E-state index contributed by atoms with van der Waals surface area (Å²) in [4.78, 5) is 15.2. The lowest BCUT2D eigenvalue weighted by Crippen LogP contribution is -2.47. The highest BCUT2D eigenvalue weighted by atomic mass is 32.2. The van der Waals surface area contributed by atoms with E-state index in [0.29, 0.717) is 0 Å². The number of carbonyl (C=O) groups is 1. The van der Waals surface area contributed by atoms with Gasteiger partial charge in [-0.15, -0.1) is 11.8 Å². The number of carbonyl (C=O) groups excluding carboxylic acids is 1. The summed E-state index contributed by atoms with van der Waals surface area (Å²) in [5.41, 5.74) is 1.02. The Morgan fingerprint density at radius 1 is 1.04 bits per heavy atom. The average molecular weight is 399 g/mol. The third kappa shape index (κ3) is 5.07. The third-order valence-corrected chi connectivity index (χ3v) is 6.37. The SMILES string of the molecule is O=C1N[C@H](CN2CCOCC2)CCS[C@@H]1c1ccc(Oc2ccccc2)cc1. The Morgan fingerprint density at radius 2 is 1.75 bits per heavy atom. The number of hydrogen-bond donors (Lipinski definition) is 1. The monoisotopic (exact) mass is 398 g/mol. The maximum absolute atomic E-state index is 12.8. The van der Waals surface area contributed by atoms with E-state index < -0.39 is 0 Å². The summed E-state index contributed by atoms with van der Waals surface area (Å²) in [6.07, 6.45) is 0.999. The van der Waals surface area contributed by atoms with Crippen LogP contribution in [0.4, 0.5) is 0 Å². The van der Waals surface area contributed by atoms with Crippen molar-refractivity contribution in [3.8, 4) is 11.5 Å². The standard InChI is InChI=1S/C22H26N2O3S/c25-22-21(28-15-10-18(23-22)16-24-11-13-26-14-12-24)17-6-8-20(9-7-17)27-19-4-2-1-3-5-19/h1-9,18,21H,10-16H2,(H,23,25)/t18-,21+/m0/s1. The average Bonchev–Trinajstić information content (AvgIpc) is 2.91. The first-order valence-electron chi connectivity index (χ1n) is 9.83. The second-order valence-corrected chi connectivity index (χ2v) is 8.36. The van der Waals surface area contributed by atoms with E-state index in [0.717, 1.165) is 62.1 Å². The Bertz CT molecular complexity index is 763. The van der Waals surface area contributed by atoms with E-state index in [-0.39, 0.29) is 17.2 Å². The van der Waals surface area contributed by atoms with Crippen LogP contribution in [-0.4, -0.2) is 55.4 Å². The van der Waals surface area contributed by atoms with Gasteiger partial charge in [0.05, 0.1) is 13.2 Å². The van der Waals surface area contributed by atoms with Gasteiger partial charge in [-0.25, -0.2) is 0 Å². The highest BCUT2D eigenvalue weighted by Crippen LogP contribution is 2.33. The molecule has 2 fully saturated rings. The number of nitrogens with zero attached hydrogens (tertiary/aromatic N) is 1. The number of amides is 1. The number of rotatable bonds is 5. The summed E-state index contributed by atoms with van der Waals surface area (Å²) < 4.78 is 11.3. The first-order chi connectivity index (χ1) is 13.8. The van der Waals surface area contributed by atoms with Crippen LogP contribution >= 0.6 is 11.8 Å². The van der Waals surface area contributed by atoms with E-state index in [4.69, 9.17) is 9.47 Å². The van der Waals surface area contributed by atoms with Crippen molar-refractivity contribution in [3.63, 3.8) is 0 Å². The molecule has 0 aliphatic carbocycles. The molecule has 0 aromatic heterocycles. The fourth-order valence-electron chi connectivity index (χ4n) is 3.57. The molecule has 2 saturated heterocycles. The summed E-state index contributed by atoms with van der Waals surface area (Å²) in [7, 11) is 0. The highest BCUT2D eigenvalue weighted by Gasteiger charge is 2.28. The first-order valence-corrected chi connectivity index (χ1v) is 10.9. The smallest absolute Gasteiger partial charge is 0.237 e. The van der Waals surface area contributed by atoms with Crippen molar-refractivity contribution < 1.29 is 14.3 Å². The summed E-state index contributed by atoms with van der Waals surface area (Å²) in [5.74, 6) is 2.67. The molecule has 2 aliphatic heterocycles. The van der Waals surface area contributed by atoms with Gasteiger partial charge in [-0.3, -0.25) is 9.69 Å². The Labute approximate surface area is 170 Å². The molecule has 2 heterocycles. The predicted molar refractivity (Wildman–Crippen MR) is 112 cm³/mol. The van der Waals surface area contributed by atoms with Gasteiger partial charge in [0.2, 0.25) is 5.91 Å². The zero-order chi connectivity index (χ0) is 19.2. The molecule has 6 heteroatoms. The summed E-state index contributed by atoms with van der Waals surface area (Å²) >= 11 is 1.72. The predicted octanol–water partition coefficient (Wildman–Crippen LogP) is 3.47. The van der Waals surface area contributed by atoms with Crippen molar-refractivity contribution in [3.05, 3.63) is 60.2 Å². The number of para-hydroxylation sites is 1. The van der Waals surface area contributed by atoms with Crippen LogP contribution in [0.1, 0.15) is 17.2 Å². The molecule has 1 N–H and O–H groups in total. The van der Waals surface area contributed by atoms with Crippen molar-refractivity contribution in [1.29, 1.82) is 0 Å². The minimum atomic E-state index is -0.166. The van der Waals surface area contributed by atoms with Crippen molar-refractivity contribution in [2.24, 2.45) is 0 Å². The first kappa shape index (κ1) is 19.3. The van der Waals surface area contributed by atoms with Crippen LogP contribution in [0.5, 0.6) is 11.5 Å². The summed E-state index contributed by atoms with van der Waals surface area (Å²) in [6, 6.07) is 17.8. The molecule has 1 amide bonds. The van der Waals surface area contributed by atoms with E-state index in [1.54, 1.807) is 11.8 Å². The number of hydrogen-bond acceptors (Lipinski definition) is 5. The van der Waals surface area contributed by atoms with E-state index in [2.05, 4.69) is 10.2 Å². The van der Waals surface area contributed by atoms with Gasteiger partial charge in [0, 0.05) is 25.7 Å². The van der Waals surface area contributed by atoms with Crippen LogP contribution in [0.25, 0.3) is 0 Å². The molecule has 0 unspecified atom stereocenters. The molecule has 4 rings (SSSR count). The van der Waals surface area contributed by atoms with Crippen LogP contribution in [0, 0.1) is 0 Å². The molecule has 2 aliphatic rings. The van der Waals surface area contributed by atoms with Gasteiger partial charge >= 0.3 is 0 Å². The Balaban J connectivity index is 1.36. The van der Waals surface area contributed by atoms with E-state index in [9.17, 15) is 4.79 Å². The fraction of sp³-hybridized carbons (Fsp3) is 0.409. The normalized spacial score (nSPS) is 23.6. The third-order valence-electron chi connectivity index (χ3n) is 5.08. The lowest BCUT2D eigenvalue weighted by Gasteiger charge is -2.30. The molecule has 148 valence electrons. The molecule has 0 bridgehead atoms. The number of nitrogens with one attached hydrogen (secondary N) is 1. The Morgan fingerprint density at radius 3 is 2.50 bits per heavy atom. The van der Waals surface area contributed by atoms with Gasteiger partial charge in [-0.2, -0.15) is 0 Å². The summed E-state index contributed by atoms with van der Waals surface area (Å²) in [6.45, 7) is 4.38. The van der Waals surface area contributed by atoms with Crippen LogP contribution in [-0.2, 0) is 9.53 Å². The van der Waals surface area contributed by atoms with Gasteiger partial charge < -0.3 is 14.8 Å². The van der Waals surface area contributed by atoms with Crippen molar-refractivity contribution >= 4 is 17.7 Å². The molecule has 2 aromatic carbocycles. The second-order valence-electron chi connectivity index (χ2n) is 7.14. The minimum absolute atomic E-state index is 0.109.